The molecule has 1 fully saturated rings. The highest BCUT2D eigenvalue weighted by atomic mass is 16.1. The minimum atomic E-state index is -0.201. The second-order valence-electron chi connectivity index (χ2n) is 5.53. The zero-order chi connectivity index (χ0) is 13.5. The molecule has 1 amide bonds. The van der Waals surface area contributed by atoms with Gasteiger partial charge < -0.3 is 11.1 Å². The Bertz CT molecular complexity index is 385. The molecule has 3 N–H and O–H groups in total. The zero-order valence-electron chi connectivity index (χ0n) is 11.5. The summed E-state index contributed by atoms with van der Waals surface area (Å²) < 4.78 is 0. The molecule has 0 heterocycles. The predicted octanol–water partition coefficient (Wildman–Crippen LogP) is 2.77. The SMILES string of the molecule is NC(CC(=O)NCC1CCCCC1)c1ccccc1. The van der Waals surface area contributed by atoms with Gasteiger partial charge in [-0.15, -0.1) is 0 Å². The number of carbonyl (C=O) groups is 1. The van der Waals surface area contributed by atoms with Crippen LogP contribution < -0.4 is 11.1 Å². The van der Waals surface area contributed by atoms with Crippen molar-refractivity contribution in [1.82, 2.24) is 5.32 Å². The maximum atomic E-state index is 11.9. The molecule has 0 bridgehead atoms. The molecule has 1 aromatic carbocycles. The third-order valence-electron chi connectivity index (χ3n) is 3.95. The van der Waals surface area contributed by atoms with Crippen LogP contribution in [0.4, 0.5) is 0 Å². The monoisotopic (exact) mass is 260 g/mol. The number of benzene rings is 1. The number of nitrogens with one attached hydrogen (secondary N) is 1. The highest BCUT2D eigenvalue weighted by Gasteiger charge is 2.16. The normalized spacial score (nSPS) is 17.9. The summed E-state index contributed by atoms with van der Waals surface area (Å²) in [5, 5.41) is 3.03. The molecular formula is C16H24N2O. The molecule has 1 aromatic rings. The molecule has 0 aromatic heterocycles. The van der Waals surface area contributed by atoms with Crippen molar-refractivity contribution in [2.75, 3.05) is 6.54 Å². The van der Waals surface area contributed by atoms with Gasteiger partial charge in [-0.1, -0.05) is 49.6 Å². The third-order valence-corrected chi connectivity index (χ3v) is 3.95. The molecule has 1 atom stereocenters. The molecule has 0 aliphatic heterocycles. The minimum Gasteiger partial charge on any atom is -0.356 e. The highest BCUT2D eigenvalue weighted by Crippen LogP contribution is 2.22. The predicted molar refractivity (Wildman–Crippen MR) is 77.6 cm³/mol. The van der Waals surface area contributed by atoms with E-state index in [9.17, 15) is 4.79 Å². The first kappa shape index (κ1) is 14.1. The van der Waals surface area contributed by atoms with E-state index in [0.717, 1.165) is 12.1 Å². The van der Waals surface area contributed by atoms with Gasteiger partial charge in [0.1, 0.15) is 0 Å². The standard InChI is InChI=1S/C16H24N2O/c17-15(14-9-5-2-6-10-14)11-16(19)18-12-13-7-3-1-4-8-13/h2,5-6,9-10,13,15H,1,3-4,7-8,11-12,17H2,(H,18,19). The first-order chi connectivity index (χ1) is 9.25. The van der Waals surface area contributed by atoms with Gasteiger partial charge in [0.2, 0.25) is 5.91 Å². The topological polar surface area (TPSA) is 55.1 Å². The van der Waals surface area contributed by atoms with Crippen molar-refractivity contribution in [2.45, 2.75) is 44.6 Å². The Balaban J connectivity index is 1.71. The van der Waals surface area contributed by atoms with Gasteiger partial charge in [0, 0.05) is 19.0 Å². The van der Waals surface area contributed by atoms with E-state index in [2.05, 4.69) is 5.32 Å². The number of rotatable bonds is 5. The second kappa shape index (κ2) is 7.29. The van der Waals surface area contributed by atoms with Crippen molar-refractivity contribution in [3.05, 3.63) is 35.9 Å². The third kappa shape index (κ3) is 4.67. The summed E-state index contributed by atoms with van der Waals surface area (Å²) in [4.78, 5) is 11.9. The first-order valence-electron chi connectivity index (χ1n) is 7.33. The van der Waals surface area contributed by atoms with Crippen LogP contribution >= 0.6 is 0 Å². The lowest BCUT2D eigenvalue weighted by atomic mass is 9.89. The molecule has 0 spiro atoms. The Labute approximate surface area is 115 Å². The molecule has 1 unspecified atom stereocenters. The van der Waals surface area contributed by atoms with Gasteiger partial charge in [0.05, 0.1) is 0 Å². The lowest BCUT2D eigenvalue weighted by Crippen LogP contribution is -2.32. The van der Waals surface area contributed by atoms with Gasteiger partial charge in [-0.05, 0) is 24.3 Å². The molecule has 3 nitrogen and oxygen atoms in total. The van der Waals surface area contributed by atoms with Crippen LogP contribution in [0.1, 0.15) is 50.1 Å². The van der Waals surface area contributed by atoms with E-state index in [0.29, 0.717) is 12.3 Å². The summed E-state index contributed by atoms with van der Waals surface area (Å²) in [6.45, 7) is 0.820. The van der Waals surface area contributed by atoms with Crippen LogP contribution in [-0.4, -0.2) is 12.5 Å². The molecule has 3 heteroatoms. The Kier molecular flexibility index (Phi) is 5.40. The van der Waals surface area contributed by atoms with Gasteiger partial charge >= 0.3 is 0 Å². The average Bonchev–Trinajstić information content (AvgIpc) is 2.47. The van der Waals surface area contributed by atoms with Crippen molar-refractivity contribution in [3.8, 4) is 0 Å². The fourth-order valence-corrected chi connectivity index (χ4v) is 2.74. The minimum absolute atomic E-state index is 0.0712. The first-order valence-corrected chi connectivity index (χ1v) is 7.33. The number of hydrogen-bond donors (Lipinski definition) is 2. The van der Waals surface area contributed by atoms with Gasteiger partial charge in [-0.3, -0.25) is 4.79 Å². The van der Waals surface area contributed by atoms with Crippen molar-refractivity contribution in [1.29, 1.82) is 0 Å². The Morgan fingerprint density at radius 2 is 1.89 bits per heavy atom. The van der Waals surface area contributed by atoms with E-state index < -0.39 is 0 Å². The molecule has 1 aliphatic rings. The summed E-state index contributed by atoms with van der Waals surface area (Å²) in [5.74, 6) is 0.743. The van der Waals surface area contributed by atoms with E-state index in [1.54, 1.807) is 0 Å². The highest BCUT2D eigenvalue weighted by molar-refractivity contribution is 5.76. The fourth-order valence-electron chi connectivity index (χ4n) is 2.74. The molecular weight excluding hydrogens is 236 g/mol. The average molecular weight is 260 g/mol. The molecule has 104 valence electrons. The fraction of sp³-hybridized carbons (Fsp3) is 0.562. The molecule has 2 rings (SSSR count). The summed E-state index contributed by atoms with van der Waals surface area (Å²) in [7, 11) is 0. The second-order valence-corrected chi connectivity index (χ2v) is 5.53. The van der Waals surface area contributed by atoms with Crippen molar-refractivity contribution in [3.63, 3.8) is 0 Å². The van der Waals surface area contributed by atoms with E-state index in [1.165, 1.54) is 32.1 Å². The van der Waals surface area contributed by atoms with Gasteiger partial charge in [-0.25, -0.2) is 0 Å². The van der Waals surface area contributed by atoms with Crippen LogP contribution in [0.5, 0.6) is 0 Å². The molecule has 1 saturated carbocycles. The maximum Gasteiger partial charge on any atom is 0.221 e. The summed E-state index contributed by atoms with van der Waals surface area (Å²) >= 11 is 0. The molecule has 0 radical (unpaired) electrons. The van der Waals surface area contributed by atoms with E-state index >= 15 is 0 Å². The lowest BCUT2D eigenvalue weighted by Gasteiger charge is -2.22. The van der Waals surface area contributed by atoms with Crippen molar-refractivity contribution in [2.24, 2.45) is 11.7 Å². The number of nitrogens with two attached hydrogens (primary N) is 1. The smallest absolute Gasteiger partial charge is 0.221 e. The van der Waals surface area contributed by atoms with Crippen LogP contribution in [0.25, 0.3) is 0 Å². The molecule has 1 aliphatic carbocycles. The van der Waals surface area contributed by atoms with E-state index in [4.69, 9.17) is 5.73 Å². The van der Waals surface area contributed by atoms with E-state index in [-0.39, 0.29) is 11.9 Å². The van der Waals surface area contributed by atoms with Crippen LogP contribution in [-0.2, 0) is 4.79 Å². The zero-order valence-corrected chi connectivity index (χ0v) is 11.5. The van der Waals surface area contributed by atoms with Gasteiger partial charge in [0.25, 0.3) is 0 Å². The van der Waals surface area contributed by atoms with Gasteiger partial charge in [0.15, 0.2) is 0 Å². The largest absolute Gasteiger partial charge is 0.356 e. The maximum absolute atomic E-state index is 11.9. The molecule has 19 heavy (non-hydrogen) atoms. The Hall–Kier alpha value is -1.35. The quantitative estimate of drug-likeness (QED) is 0.855. The van der Waals surface area contributed by atoms with E-state index in [1.807, 2.05) is 30.3 Å². The summed E-state index contributed by atoms with van der Waals surface area (Å²) in [6, 6.07) is 9.61. The molecule has 0 saturated heterocycles. The Morgan fingerprint density at radius 3 is 2.58 bits per heavy atom. The number of carbonyl (C=O) groups excluding carboxylic acids is 1. The lowest BCUT2D eigenvalue weighted by molar-refractivity contribution is -0.121. The summed E-state index contributed by atoms with van der Waals surface area (Å²) in [5.41, 5.74) is 7.07. The van der Waals surface area contributed by atoms with Crippen LogP contribution in [0, 0.1) is 5.92 Å². The van der Waals surface area contributed by atoms with Crippen LogP contribution in [0.15, 0.2) is 30.3 Å². The van der Waals surface area contributed by atoms with Crippen molar-refractivity contribution < 1.29 is 4.79 Å². The van der Waals surface area contributed by atoms with Gasteiger partial charge in [-0.2, -0.15) is 0 Å². The van der Waals surface area contributed by atoms with Crippen LogP contribution in [0.3, 0.4) is 0 Å². The number of amides is 1. The summed E-state index contributed by atoms with van der Waals surface area (Å²) in [6.07, 6.45) is 6.85. The van der Waals surface area contributed by atoms with Crippen molar-refractivity contribution >= 4 is 5.91 Å². The number of hydrogen-bond acceptors (Lipinski definition) is 2. The Morgan fingerprint density at radius 1 is 1.21 bits per heavy atom. The van der Waals surface area contributed by atoms with Crippen LogP contribution in [0.2, 0.25) is 0 Å².